The van der Waals surface area contributed by atoms with Crippen LogP contribution in [-0.4, -0.2) is 23.9 Å². The highest BCUT2D eigenvalue weighted by Gasteiger charge is 2.42. The zero-order chi connectivity index (χ0) is 11.4. The number of pyridine rings is 1. The van der Waals surface area contributed by atoms with Gasteiger partial charge in [-0.25, -0.2) is 4.39 Å². The van der Waals surface area contributed by atoms with Gasteiger partial charge in [0.25, 0.3) is 0 Å². The SMILES string of the molecule is [CH]OC(c1cccnc1)C1(F)CCOCC1. The molecule has 0 spiro atoms. The van der Waals surface area contributed by atoms with Crippen molar-refractivity contribution in [2.45, 2.75) is 24.6 Å². The van der Waals surface area contributed by atoms with Gasteiger partial charge in [-0.3, -0.25) is 4.98 Å². The average Bonchev–Trinajstić information content (AvgIpc) is 2.32. The number of halogens is 1. The molecule has 1 aromatic heterocycles. The molecule has 0 bridgehead atoms. The van der Waals surface area contributed by atoms with Crippen molar-refractivity contribution in [1.82, 2.24) is 4.98 Å². The fourth-order valence-corrected chi connectivity index (χ4v) is 2.00. The summed E-state index contributed by atoms with van der Waals surface area (Å²) in [5.41, 5.74) is -0.801. The molecule has 0 N–H and O–H groups in total. The van der Waals surface area contributed by atoms with Crippen LogP contribution in [0.5, 0.6) is 0 Å². The fraction of sp³-hybridized carbons (Fsp3) is 0.500. The van der Waals surface area contributed by atoms with Gasteiger partial charge in [0.1, 0.15) is 18.9 Å². The van der Waals surface area contributed by atoms with Crippen LogP contribution >= 0.6 is 0 Å². The minimum absolute atomic E-state index is 0.295. The van der Waals surface area contributed by atoms with E-state index in [1.807, 2.05) is 0 Å². The van der Waals surface area contributed by atoms with Gasteiger partial charge >= 0.3 is 0 Å². The van der Waals surface area contributed by atoms with E-state index in [1.54, 1.807) is 24.5 Å². The van der Waals surface area contributed by atoms with Crippen molar-refractivity contribution in [3.05, 3.63) is 37.2 Å². The first kappa shape index (κ1) is 11.5. The molecule has 2 radical (unpaired) electrons. The maximum absolute atomic E-state index is 14.6. The molecule has 4 heteroatoms. The molecular formula is C12H14FNO2. The van der Waals surface area contributed by atoms with E-state index in [1.165, 1.54) is 0 Å². The van der Waals surface area contributed by atoms with Gasteiger partial charge in [0, 0.05) is 44.0 Å². The highest BCUT2D eigenvalue weighted by Crippen LogP contribution is 2.39. The molecule has 0 aliphatic carbocycles. The van der Waals surface area contributed by atoms with Gasteiger partial charge in [0.05, 0.1) is 0 Å². The summed E-state index contributed by atoms with van der Waals surface area (Å²) in [5, 5.41) is 0. The van der Waals surface area contributed by atoms with Crippen LogP contribution in [-0.2, 0) is 9.47 Å². The Morgan fingerprint density at radius 2 is 2.25 bits per heavy atom. The van der Waals surface area contributed by atoms with E-state index in [9.17, 15) is 4.39 Å². The minimum atomic E-state index is -1.46. The summed E-state index contributed by atoms with van der Waals surface area (Å²) < 4.78 is 24.6. The van der Waals surface area contributed by atoms with E-state index in [0.717, 1.165) is 0 Å². The number of alkyl halides is 1. The molecule has 2 heterocycles. The first-order chi connectivity index (χ1) is 7.76. The second kappa shape index (κ2) is 4.89. The second-order valence-corrected chi connectivity index (χ2v) is 3.95. The Morgan fingerprint density at radius 1 is 1.50 bits per heavy atom. The van der Waals surface area contributed by atoms with Gasteiger partial charge in [-0.15, -0.1) is 0 Å². The number of ether oxygens (including phenoxy) is 2. The first-order valence-electron chi connectivity index (χ1n) is 5.28. The molecule has 86 valence electrons. The Bertz CT molecular complexity index is 325. The molecule has 0 aromatic carbocycles. The lowest BCUT2D eigenvalue weighted by atomic mass is 9.86. The highest BCUT2D eigenvalue weighted by atomic mass is 19.1. The first-order valence-corrected chi connectivity index (χ1v) is 5.28. The molecule has 1 aliphatic rings. The number of aromatic nitrogens is 1. The van der Waals surface area contributed by atoms with E-state index in [4.69, 9.17) is 16.6 Å². The summed E-state index contributed by atoms with van der Waals surface area (Å²) in [7, 11) is 5.21. The largest absolute Gasteiger partial charge is 0.381 e. The van der Waals surface area contributed by atoms with E-state index >= 15 is 0 Å². The van der Waals surface area contributed by atoms with Crippen molar-refractivity contribution < 1.29 is 13.9 Å². The van der Waals surface area contributed by atoms with Gasteiger partial charge in [-0.1, -0.05) is 6.07 Å². The summed E-state index contributed by atoms with van der Waals surface area (Å²) >= 11 is 0. The maximum Gasteiger partial charge on any atom is 0.145 e. The third-order valence-corrected chi connectivity index (χ3v) is 2.92. The van der Waals surface area contributed by atoms with Gasteiger partial charge in [-0.2, -0.15) is 0 Å². The lowest BCUT2D eigenvalue weighted by Gasteiger charge is -2.35. The predicted octanol–water partition coefficient (Wildman–Crippen LogP) is 2.33. The van der Waals surface area contributed by atoms with Crippen molar-refractivity contribution in [3.8, 4) is 0 Å². The number of rotatable bonds is 3. The van der Waals surface area contributed by atoms with Crippen LogP contribution in [0.25, 0.3) is 0 Å². The Kier molecular flexibility index (Phi) is 3.51. The van der Waals surface area contributed by atoms with Crippen molar-refractivity contribution in [2.24, 2.45) is 0 Å². The molecule has 0 saturated carbocycles. The van der Waals surface area contributed by atoms with Crippen LogP contribution in [0.3, 0.4) is 0 Å². The van der Waals surface area contributed by atoms with E-state index in [2.05, 4.69) is 4.98 Å². The fourth-order valence-electron chi connectivity index (χ4n) is 2.00. The number of nitrogens with zero attached hydrogens (tertiary/aromatic N) is 1. The van der Waals surface area contributed by atoms with Crippen molar-refractivity contribution >= 4 is 0 Å². The van der Waals surface area contributed by atoms with E-state index < -0.39 is 11.8 Å². The molecule has 1 fully saturated rings. The van der Waals surface area contributed by atoms with Crippen molar-refractivity contribution in [3.63, 3.8) is 0 Å². The van der Waals surface area contributed by atoms with Crippen LogP contribution < -0.4 is 0 Å². The maximum atomic E-state index is 14.6. The molecule has 2 rings (SSSR count). The standard InChI is InChI=1S/C12H14FNO2/c1-15-11(10-3-2-6-14-9-10)12(13)4-7-16-8-5-12/h1-3,6,9,11H,4-5,7-8H2. The molecule has 16 heavy (non-hydrogen) atoms. The zero-order valence-electron chi connectivity index (χ0n) is 8.93. The lowest BCUT2D eigenvalue weighted by molar-refractivity contribution is -0.0892. The average molecular weight is 223 g/mol. The second-order valence-electron chi connectivity index (χ2n) is 3.95. The van der Waals surface area contributed by atoms with Gasteiger partial charge in [0.15, 0.2) is 0 Å². The number of hydrogen-bond acceptors (Lipinski definition) is 3. The Hall–Kier alpha value is -1.00. The van der Waals surface area contributed by atoms with E-state index in [0.29, 0.717) is 31.6 Å². The minimum Gasteiger partial charge on any atom is -0.381 e. The molecule has 1 unspecified atom stereocenters. The van der Waals surface area contributed by atoms with Gasteiger partial charge in [-0.05, 0) is 6.07 Å². The van der Waals surface area contributed by atoms with Crippen molar-refractivity contribution in [1.29, 1.82) is 0 Å². The Balaban J connectivity index is 2.21. The van der Waals surface area contributed by atoms with Crippen LogP contribution in [0.4, 0.5) is 4.39 Å². The van der Waals surface area contributed by atoms with Crippen LogP contribution in [0.2, 0.25) is 0 Å². The van der Waals surface area contributed by atoms with Gasteiger partial charge < -0.3 is 9.47 Å². The molecule has 3 nitrogen and oxygen atoms in total. The zero-order valence-corrected chi connectivity index (χ0v) is 8.93. The Morgan fingerprint density at radius 3 is 2.81 bits per heavy atom. The molecule has 1 atom stereocenters. The molecular weight excluding hydrogens is 209 g/mol. The van der Waals surface area contributed by atoms with Crippen LogP contribution in [0.15, 0.2) is 24.5 Å². The summed E-state index contributed by atoms with van der Waals surface area (Å²) in [6, 6.07) is 3.51. The smallest absolute Gasteiger partial charge is 0.145 e. The summed E-state index contributed by atoms with van der Waals surface area (Å²) in [6.07, 6.45) is 3.03. The number of hydrogen-bond donors (Lipinski definition) is 0. The predicted molar refractivity (Wildman–Crippen MR) is 56.3 cm³/mol. The molecule has 1 aliphatic heterocycles. The molecule has 1 aromatic rings. The topological polar surface area (TPSA) is 31.4 Å². The summed E-state index contributed by atoms with van der Waals surface area (Å²) in [5.74, 6) is 0. The van der Waals surface area contributed by atoms with Crippen molar-refractivity contribution in [2.75, 3.05) is 13.2 Å². The summed E-state index contributed by atoms with van der Waals surface area (Å²) in [4.78, 5) is 3.95. The highest BCUT2D eigenvalue weighted by molar-refractivity contribution is 5.17. The van der Waals surface area contributed by atoms with Crippen LogP contribution in [0.1, 0.15) is 24.5 Å². The molecule has 1 saturated heterocycles. The van der Waals surface area contributed by atoms with Crippen LogP contribution in [0, 0.1) is 7.11 Å². The lowest BCUT2D eigenvalue weighted by Crippen LogP contribution is -2.38. The molecule has 0 amide bonds. The monoisotopic (exact) mass is 223 g/mol. The third kappa shape index (κ3) is 2.23. The quantitative estimate of drug-likeness (QED) is 0.788. The third-order valence-electron chi connectivity index (χ3n) is 2.92. The normalized spacial score (nSPS) is 21.6. The Labute approximate surface area is 94.6 Å². The van der Waals surface area contributed by atoms with E-state index in [-0.39, 0.29) is 0 Å². The van der Waals surface area contributed by atoms with Gasteiger partial charge in [0.2, 0.25) is 0 Å². The summed E-state index contributed by atoms with van der Waals surface area (Å²) in [6.45, 7) is 0.799.